The van der Waals surface area contributed by atoms with Crippen molar-refractivity contribution >= 4 is 40.7 Å². The van der Waals surface area contributed by atoms with Crippen LogP contribution in [0.15, 0.2) is 91.0 Å². The Morgan fingerprint density at radius 3 is 2.23 bits per heavy atom. The number of ketones is 3. The second kappa shape index (κ2) is 9.92. The van der Waals surface area contributed by atoms with E-state index in [4.69, 9.17) is 21.1 Å². The maximum atomic E-state index is 14.8. The van der Waals surface area contributed by atoms with Crippen molar-refractivity contribution in [1.29, 1.82) is 0 Å². The molecule has 0 unspecified atom stereocenters. The molecule has 3 aliphatic rings. The molecule has 0 saturated carbocycles. The van der Waals surface area contributed by atoms with Crippen LogP contribution in [0.1, 0.15) is 48.1 Å². The van der Waals surface area contributed by atoms with Gasteiger partial charge >= 0.3 is 0 Å². The maximum absolute atomic E-state index is 14.8. The summed E-state index contributed by atoms with van der Waals surface area (Å²) in [7, 11) is 2.98. The predicted molar refractivity (Wildman–Crippen MR) is 161 cm³/mol. The van der Waals surface area contributed by atoms with Gasteiger partial charge < -0.3 is 14.4 Å². The number of fused-ring (bicyclic) bond motifs is 5. The van der Waals surface area contributed by atoms with E-state index in [1.54, 1.807) is 84.9 Å². The van der Waals surface area contributed by atoms with Crippen LogP contribution in [0.5, 0.6) is 11.5 Å². The van der Waals surface area contributed by atoms with Crippen molar-refractivity contribution in [3.8, 4) is 11.5 Å². The molecule has 43 heavy (non-hydrogen) atoms. The van der Waals surface area contributed by atoms with E-state index < -0.39 is 29.2 Å². The number of para-hydroxylation sites is 1. The number of methoxy groups -OCH3 is 2. The summed E-state index contributed by atoms with van der Waals surface area (Å²) in [6.45, 7) is 0. The van der Waals surface area contributed by atoms with Crippen molar-refractivity contribution in [1.82, 2.24) is 0 Å². The lowest BCUT2D eigenvalue weighted by Crippen LogP contribution is -2.48. The molecule has 0 aromatic heterocycles. The van der Waals surface area contributed by atoms with Gasteiger partial charge in [-0.05, 0) is 48.5 Å². The van der Waals surface area contributed by atoms with Gasteiger partial charge in [0.05, 0.1) is 20.3 Å². The highest BCUT2D eigenvalue weighted by molar-refractivity contribution is 6.32. The molecule has 0 bridgehead atoms. The number of rotatable bonds is 5. The fourth-order valence-corrected chi connectivity index (χ4v) is 7.36. The summed E-state index contributed by atoms with van der Waals surface area (Å²) in [4.78, 5) is 46.2. The lowest BCUT2D eigenvalue weighted by Gasteiger charge is -2.37. The first-order valence-electron chi connectivity index (χ1n) is 13.8. The van der Waals surface area contributed by atoms with Gasteiger partial charge in [0.1, 0.15) is 17.3 Å². The number of carbonyl (C=O) groups excluding carboxylic acids is 3. The summed E-state index contributed by atoms with van der Waals surface area (Å²) in [5, 5.41) is 0.460. The minimum absolute atomic E-state index is 0.303. The minimum Gasteiger partial charge on any atom is -0.493 e. The summed E-state index contributed by atoms with van der Waals surface area (Å²) >= 11 is 6.17. The van der Waals surface area contributed by atoms with Crippen LogP contribution < -0.4 is 14.4 Å². The first kappa shape index (κ1) is 27.1. The zero-order valence-electron chi connectivity index (χ0n) is 23.2. The number of ether oxygens (including phenoxy) is 2. The van der Waals surface area contributed by atoms with Crippen LogP contribution in [0.2, 0.25) is 5.02 Å². The number of Topliss-reactive ketones (excluding diaryl/α,β-unsaturated/α-hetero) is 3. The smallest absolute Gasteiger partial charge is 0.185 e. The van der Waals surface area contributed by atoms with Crippen LogP contribution in [0.4, 0.5) is 10.1 Å². The third-order valence-electron chi connectivity index (χ3n) is 8.93. The number of halogens is 2. The topological polar surface area (TPSA) is 72.9 Å². The van der Waals surface area contributed by atoms with Crippen molar-refractivity contribution in [2.45, 2.75) is 18.0 Å². The molecular weight excluding hydrogens is 569 g/mol. The van der Waals surface area contributed by atoms with E-state index in [1.807, 2.05) is 4.90 Å². The van der Waals surface area contributed by atoms with Gasteiger partial charge in [-0.25, -0.2) is 4.39 Å². The summed E-state index contributed by atoms with van der Waals surface area (Å²) in [5.41, 5.74) is 0.782. The highest BCUT2D eigenvalue weighted by Gasteiger charge is 2.72. The molecule has 6 nitrogen and oxygen atoms in total. The van der Waals surface area contributed by atoms with Crippen LogP contribution >= 0.6 is 11.6 Å². The van der Waals surface area contributed by atoms with Gasteiger partial charge in [-0.2, -0.15) is 0 Å². The third-order valence-corrected chi connectivity index (χ3v) is 9.18. The second-order valence-corrected chi connectivity index (χ2v) is 11.3. The van der Waals surface area contributed by atoms with Gasteiger partial charge in [-0.3, -0.25) is 14.4 Å². The average molecular weight is 594 g/mol. The monoisotopic (exact) mass is 593 g/mol. The van der Waals surface area contributed by atoms with E-state index in [0.717, 1.165) is 0 Å². The molecule has 4 aromatic rings. The van der Waals surface area contributed by atoms with Crippen molar-refractivity contribution in [3.63, 3.8) is 0 Å². The average Bonchev–Trinajstić information content (AvgIpc) is 3.46. The van der Waals surface area contributed by atoms with Crippen LogP contribution in [-0.4, -0.2) is 43.7 Å². The Hall–Kier alpha value is -4.75. The molecule has 0 amide bonds. The molecule has 2 heterocycles. The SMILES string of the molecule is COc1cccc([C@@H]2[C@@H](C(=O)c3ccc(Cl)cc3)N3c4ccc(F)cc4C=C[C@H]3C23C(=O)c2ccccc2C3=O)c1OC. The molecule has 1 saturated heterocycles. The Morgan fingerprint density at radius 2 is 1.58 bits per heavy atom. The first-order valence-corrected chi connectivity index (χ1v) is 14.2. The van der Waals surface area contributed by atoms with Crippen LogP contribution in [0, 0.1) is 11.2 Å². The molecular formula is C35H25ClFNO5. The molecule has 214 valence electrons. The third kappa shape index (κ3) is 3.67. The number of carbonyl (C=O) groups is 3. The van der Waals surface area contributed by atoms with Crippen LogP contribution in [0.3, 0.4) is 0 Å². The van der Waals surface area contributed by atoms with Crippen LogP contribution in [-0.2, 0) is 0 Å². The first-order chi connectivity index (χ1) is 20.8. The van der Waals surface area contributed by atoms with Crippen LogP contribution in [0.25, 0.3) is 6.08 Å². The normalized spacial score (nSPS) is 21.0. The number of nitrogens with zero attached hydrogens (tertiary/aromatic N) is 1. The van der Waals surface area contributed by atoms with E-state index in [-0.39, 0.29) is 17.3 Å². The summed E-state index contributed by atoms with van der Waals surface area (Å²) in [6.07, 6.45) is 3.47. The fourth-order valence-electron chi connectivity index (χ4n) is 7.23. The van der Waals surface area contributed by atoms with Crippen molar-refractivity contribution in [2.24, 2.45) is 5.41 Å². The molecule has 0 radical (unpaired) electrons. The quantitative estimate of drug-likeness (QED) is 0.187. The lowest BCUT2D eigenvalue weighted by molar-refractivity contribution is 0.0664. The molecule has 1 fully saturated rings. The molecule has 1 aliphatic carbocycles. The Kier molecular flexibility index (Phi) is 6.25. The van der Waals surface area contributed by atoms with Crippen molar-refractivity contribution < 1.29 is 28.2 Å². The van der Waals surface area contributed by atoms with Gasteiger partial charge in [0.25, 0.3) is 0 Å². The van der Waals surface area contributed by atoms with E-state index in [0.29, 0.717) is 50.0 Å². The molecule has 7 rings (SSSR count). The Labute approximate surface area is 252 Å². The van der Waals surface area contributed by atoms with Gasteiger partial charge in [-0.1, -0.05) is 60.2 Å². The predicted octanol–water partition coefficient (Wildman–Crippen LogP) is 6.81. The van der Waals surface area contributed by atoms with E-state index >= 15 is 0 Å². The summed E-state index contributed by atoms with van der Waals surface area (Å²) in [6, 6.07) is 20.9. The Balaban J connectivity index is 1.58. The van der Waals surface area contributed by atoms with E-state index in [9.17, 15) is 18.8 Å². The highest BCUT2D eigenvalue weighted by atomic mass is 35.5. The van der Waals surface area contributed by atoms with Gasteiger partial charge in [0, 0.05) is 44.4 Å². The molecule has 2 aliphatic heterocycles. The molecule has 3 atom stereocenters. The molecule has 0 N–H and O–H groups in total. The highest BCUT2D eigenvalue weighted by Crippen LogP contribution is 2.62. The largest absolute Gasteiger partial charge is 0.493 e. The minimum atomic E-state index is -1.74. The number of anilines is 1. The Morgan fingerprint density at radius 1 is 0.884 bits per heavy atom. The summed E-state index contributed by atoms with van der Waals surface area (Å²) < 4.78 is 25.9. The fraction of sp³-hybridized carbons (Fsp3) is 0.171. The maximum Gasteiger partial charge on any atom is 0.185 e. The number of benzene rings is 4. The zero-order valence-corrected chi connectivity index (χ0v) is 24.0. The lowest BCUT2D eigenvalue weighted by atomic mass is 9.64. The standard InChI is InChI=1S/C35H25ClFNO5/c1-42-27-9-5-8-25(32(27)43-2)29-30(31(39)19-10-13-21(36)14-11-19)38-26-16-15-22(37)18-20(26)12-17-28(38)35(29)33(40)23-6-3-4-7-24(23)34(35)41/h3-18,28-30H,1-2H3/t28-,29+,30-/m0/s1. The second-order valence-electron chi connectivity index (χ2n) is 10.9. The van der Waals surface area contributed by atoms with Crippen molar-refractivity contribution in [3.05, 3.63) is 130 Å². The molecule has 4 aromatic carbocycles. The Bertz CT molecular complexity index is 1830. The zero-order chi connectivity index (χ0) is 30.0. The molecule has 1 spiro atoms. The van der Waals surface area contributed by atoms with E-state index in [2.05, 4.69) is 0 Å². The van der Waals surface area contributed by atoms with Crippen molar-refractivity contribution in [2.75, 3.05) is 19.1 Å². The van der Waals surface area contributed by atoms with E-state index in [1.165, 1.54) is 26.4 Å². The van der Waals surface area contributed by atoms with Gasteiger partial charge in [0.2, 0.25) is 0 Å². The number of hydrogen-bond donors (Lipinski definition) is 0. The van der Waals surface area contributed by atoms with Gasteiger partial charge in [0.15, 0.2) is 28.8 Å². The molecule has 8 heteroatoms. The number of hydrogen-bond acceptors (Lipinski definition) is 6. The van der Waals surface area contributed by atoms with Gasteiger partial charge in [-0.15, -0.1) is 0 Å². The summed E-state index contributed by atoms with van der Waals surface area (Å²) in [5.74, 6) is -1.81.